The third-order valence-corrected chi connectivity index (χ3v) is 10.1. The molecule has 0 aliphatic rings. The van der Waals surface area contributed by atoms with Crippen LogP contribution in [-0.4, -0.2) is 74.2 Å². The van der Waals surface area contributed by atoms with E-state index in [0.717, 1.165) is 17.7 Å². The molecule has 0 spiro atoms. The van der Waals surface area contributed by atoms with E-state index in [1.165, 1.54) is 26.0 Å². The molecule has 0 fully saturated rings. The maximum atomic E-state index is 15.9. The lowest BCUT2D eigenvalue weighted by Gasteiger charge is -2.14. The molecule has 0 saturated carbocycles. The van der Waals surface area contributed by atoms with Gasteiger partial charge in [0.15, 0.2) is 58.8 Å². The predicted molar refractivity (Wildman–Crippen MR) is 210 cm³/mol. The number of halogens is 4. The first-order valence-electron chi connectivity index (χ1n) is 18.3. The second-order valence-corrected chi connectivity index (χ2v) is 13.6. The summed E-state index contributed by atoms with van der Waals surface area (Å²) < 4.78 is 91.6. The van der Waals surface area contributed by atoms with Gasteiger partial charge >= 0.3 is 0 Å². The second kappa shape index (κ2) is 16.5. The number of nitriles is 1. The van der Waals surface area contributed by atoms with Crippen molar-refractivity contribution in [1.82, 2.24) is 39.5 Å². The molecule has 0 atom stereocenters. The van der Waals surface area contributed by atoms with E-state index in [2.05, 4.69) is 36.2 Å². The molecule has 0 radical (unpaired) electrons. The number of methoxy groups -OCH3 is 3. The number of aromatic nitrogens is 8. The number of pyridine rings is 2. The molecule has 6 heterocycles. The van der Waals surface area contributed by atoms with Gasteiger partial charge in [0.05, 0.1) is 40.7 Å². The smallest absolute Gasteiger partial charge is 0.189 e. The summed E-state index contributed by atoms with van der Waals surface area (Å²) >= 11 is 0. The standard InChI is InChI=1S/C42H35F4N9O5/c1-54-20-31(32(13-47)53-54)25-8-28-24(16-50-42(28)51-17-25)10-30-39(45)35(58-4)12-36(40(30)46)60-21-59-6-5-55-19-26(18-52-55)22-7-27-23(15-49-41(27)48-14-22)9-29-37(43)33(56-2)11-34(57-3)38(29)44/h7-8,11-12,14-20H,5-6,9-10,21H2,1-4H3,(H,48,49)(H,50,51). The van der Waals surface area contributed by atoms with Crippen LogP contribution in [-0.2, 0) is 31.2 Å². The lowest BCUT2D eigenvalue weighted by molar-refractivity contribution is 0.00831. The van der Waals surface area contributed by atoms with Crippen molar-refractivity contribution in [2.75, 3.05) is 34.7 Å². The Morgan fingerprint density at radius 2 is 1.25 bits per heavy atom. The van der Waals surface area contributed by atoms with Gasteiger partial charge in [-0.05, 0) is 23.3 Å². The van der Waals surface area contributed by atoms with Crippen LogP contribution in [0, 0.1) is 34.6 Å². The highest BCUT2D eigenvalue weighted by Crippen LogP contribution is 2.36. The van der Waals surface area contributed by atoms with Crippen LogP contribution in [0.4, 0.5) is 17.6 Å². The predicted octanol–water partition coefficient (Wildman–Crippen LogP) is 7.39. The van der Waals surface area contributed by atoms with E-state index in [-0.39, 0.29) is 66.1 Å². The minimum atomic E-state index is -0.916. The van der Waals surface area contributed by atoms with Crippen molar-refractivity contribution >= 4 is 22.1 Å². The summed E-state index contributed by atoms with van der Waals surface area (Å²) in [5, 5.41) is 19.4. The van der Waals surface area contributed by atoms with E-state index in [4.69, 9.17) is 23.7 Å². The van der Waals surface area contributed by atoms with E-state index >= 15 is 17.6 Å². The monoisotopic (exact) mass is 821 g/mol. The zero-order valence-corrected chi connectivity index (χ0v) is 32.6. The van der Waals surface area contributed by atoms with Crippen molar-refractivity contribution in [1.29, 1.82) is 5.26 Å². The van der Waals surface area contributed by atoms with Gasteiger partial charge in [-0.15, -0.1) is 0 Å². The van der Waals surface area contributed by atoms with Crippen LogP contribution >= 0.6 is 0 Å². The van der Waals surface area contributed by atoms with Crippen LogP contribution < -0.4 is 18.9 Å². The highest BCUT2D eigenvalue weighted by Gasteiger charge is 2.24. The van der Waals surface area contributed by atoms with Crippen LogP contribution in [0.5, 0.6) is 23.0 Å². The maximum absolute atomic E-state index is 15.9. The number of aromatic amines is 2. The highest BCUT2D eigenvalue weighted by atomic mass is 19.1. The van der Waals surface area contributed by atoms with Crippen LogP contribution in [0.1, 0.15) is 27.9 Å². The number of benzene rings is 2. The molecule has 14 nitrogen and oxygen atoms in total. The Morgan fingerprint density at radius 3 is 1.83 bits per heavy atom. The SMILES string of the molecule is COc1cc(OC)c(F)c(Cc2c[nH]c3ncc(-c4cnn(CCOCOc5cc(OC)c(F)c(Cc6c[nH]c7ncc(-c8cn(C)nc8C#N)cc67)c5F)c4)cc23)c1F. The van der Waals surface area contributed by atoms with Crippen molar-refractivity contribution in [3.63, 3.8) is 0 Å². The summed E-state index contributed by atoms with van der Waals surface area (Å²) in [6, 6.07) is 8.00. The third-order valence-electron chi connectivity index (χ3n) is 10.1. The lowest BCUT2D eigenvalue weighted by atomic mass is 10.0. The molecule has 306 valence electrons. The fraction of sp³-hybridized carbons (Fsp3) is 0.214. The summed E-state index contributed by atoms with van der Waals surface area (Å²) in [4.78, 5) is 15.0. The molecule has 0 unspecified atom stereocenters. The molecule has 18 heteroatoms. The number of aryl methyl sites for hydroxylation is 1. The third kappa shape index (κ3) is 7.41. The Bertz CT molecular complexity index is 2900. The van der Waals surface area contributed by atoms with E-state index < -0.39 is 23.3 Å². The van der Waals surface area contributed by atoms with Crippen LogP contribution in [0.15, 0.2) is 67.6 Å². The van der Waals surface area contributed by atoms with Crippen molar-refractivity contribution in [3.8, 4) is 51.3 Å². The Balaban J connectivity index is 0.923. The lowest BCUT2D eigenvalue weighted by Crippen LogP contribution is -2.11. The summed E-state index contributed by atoms with van der Waals surface area (Å²) in [6.07, 6.45) is 11.4. The van der Waals surface area contributed by atoms with Crippen LogP contribution in [0.25, 0.3) is 44.3 Å². The molecule has 2 aromatic carbocycles. The first kappa shape index (κ1) is 39.4. The van der Waals surface area contributed by atoms with E-state index in [0.29, 0.717) is 56.4 Å². The molecule has 2 N–H and O–H groups in total. The van der Waals surface area contributed by atoms with Gasteiger partial charge in [0, 0.05) is 113 Å². The van der Waals surface area contributed by atoms with Crippen LogP contribution in [0.2, 0.25) is 0 Å². The van der Waals surface area contributed by atoms with E-state index in [1.54, 1.807) is 61.2 Å². The fourth-order valence-electron chi connectivity index (χ4n) is 6.97. The van der Waals surface area contributed by atoms with Crippen LogP contribution in [0.3, 0.4) is 0 Å². The van der Waals surface area contributed by atoms with E-state index in [1.807, 2.05) is 6.07 Å². The summed E-state index contributed by atoms with van der Waals surface area (Å²) in [5.41, 5.74) is 4.58. The first-order valence-corrected chi connectivity index (χ1v) is 18.3. The number of hydrogen-bond donors (Lipinski definition) is 2. The number of ether oxygens (including phenoxy) is 5. The first-order chi connectivity index (χ1) is 29.1. The summed E-state index contributed by atoms with van der Waals surface area (Å²) in [5.74, 6) is -4.16. The number of hydrogen-bond acceptors (Lipinski definition) is 10. The summed E-state index contributed by atoms with van der Waals surface area (Å²) in [7, 11) is 5.57. The van der Waals surface area contributed by atoms with Crippen molar-refractivity contribution in [3.05, 3.63) is 119 Å². The minimum Gasteiger partial charge on any atom is -0.494 e. The summed E-state index contributed by atoms with van der Waals surface area (Å²) in [6.45, 7) is 0.0726. The van der Waals surface area contributed by atoms with Gasteiger partial charge in [-0.2, -0.15) is 15.5 Å². The Kier molecular flexibility index (Phi) is 10.8. The molecule has 0 aliphatic heterocycles. The molecule has 6 aromatic heterocycles. The number of H-pyrrole nitrogens is 2. The molecule has 0 bridgehead atoms. The largest absolute Gasteiger partial charge is 0.494 e. The zero-order valence-electron chi connectivity index (χ0n) is 32.6. The average molecular weight is 822 g/mol. The van der Waals surface area contributed by atoms with E-state index in [9.17, 15) is 5.26 Å². The van der Waals surface area contributed by atoms with Crippen molar-refractivity contribution in [2.24, 2.45) is 7.05 Å². The van der Waals surface area contributed by atoms with Gasteiger partial charge in [0.1, 0.15) is 17.4 Å². The topological polar surface area (TPSA) is 163 Å². The molecule has 8 rings (SSSR count). The molecule has 0 saturated heterocycles. The highest BCUT2D eigenvalue weighted by molar-refractivity contribution is 5.86. The molecule has 8 aromatic rings. The minimum absolute atomic E-state index is 0.0907. The van der Waals surface area contributed by atoms with Gasteiger partial charge in [0.2, 0.25) is 0 Å². The molecular weight excluding hydrogens is 787 g/mol. The number of rotatable bonds is 15. The number of nitrogens with one attached hydrogen (secondary N) is 2. The average Bonchev–Trinajstić information content (AvgIpc) is 4.07. The molecule has 0 amide bonds. The number of fused-ring (bicyclic) bond motifs is 2. The van der Waals surface area contributed by atoms with Gasteiger partial charge in [0.25, 0.3) is 0 Å². The molecular formula is C42H35F4N9O5. The van der Waals surface area contributed by atoms with Gasteiger partial charge in [-0.25, -0.2) is 27.5 Å². The molecule has 0 aliphatic carbocycles. The quantitative estimate of drug-likeness (QED) is 0.0606. The Morgan fingerprint density at radius 1 is 0.700 bits per heavy atom. The molecule has 60 heavy (non-hydrogen) atoms. The van der Waals surface area contributed by atoms with Gasteiger partial charge < -0.3 is 33.7 Å². The Hall–Kier alpha value is -7.39. The fourth-order valence-corrected chi connectivity index (χ4v) is 6.97. The maximum Gasteiger partial charge on any atom is 0.189 e. The Labute approximate surface area is 338 Å². The zero-order chi connectivity index (χ0) is 42.1. The van der Waals surface area contributed by atoms with Gasteiger partial charge in [-0.3, -0.25) is 9.36 Å². The normalized spacial score (nSPS) is 11.4. The number of nitrogens with zero attached hydrogens (tertiary/aromatic N) is 7. The van der Waals surface area contributed by atoms with Gasteiger partial charge in [-0.1, -0.05) is 0 Å². The van der Waals surface area contributed by atoms with Crippen molar-refractivity contribution < 1.29 is 41.2 Å². The van der Waals surface area contributed by atoms with Crippen molar-refractivity contribution in [2.45, 2.75) is 19.4 Å². The second-order valence-electron chi connectivity index (χ2n) is 13.6.